The van der Waals surface area contributed by atoms with Crippen LogP contribution in [0.25, 0.3) is 0 Å². The second-order valence-corrected chi connectivity index (χ2v) is 9.97. The Morgan fingerprint density at radius 2 is 1.82 bits per heavy atom. The number of benzene rings is 1. The molecule has 0 unspecified atom stereocenters. The van der Waals surface area contributed by atoms with Gasteiger partial charge in [0.05, 0.1) is 16.8 Å². The van der Waals surface area contributed by atoms with Gasteiger partial charge >= 0.3 is 6.18 Å². The highest BCUT2D eigenvalue weighted by molar-refractivity contribution is 6.05. The van der Waals surface area contributed by atoms with Gasteiger partial charge in [0.25, 0.3) is 11.8 Å². The van der Waals surface area contributed by atoms with Crippen molar-refractivity contribution < 1.29 is 27.5 Å². The SMILES string of the molecule is CC(C)N(C(=O)c1cc2c(cc1C(F)(F)F)OC(C)(C)C(=O)N2C[C@H](C)N)C1CCCCC1. The highest BCUT2D eigenvalue weighted by Crippen LogP contribution is 2.44. The fraction of sp³-hybridized carbons (Fsp3) is 0.667. The number of carbonyl (C=O) groups excluding carboxylic acids is 2. The maximum absolute atomic E-state index is 14.1. The molecule has 6 nitrogen and oxygen atoms in total. The molecule has 1 aliphatic carbocycles. The molecule has 3 rings (SSSR count). The first kappa shape index (κ1) is 25.3. The average molecular weight is 470 g/mol. The summed E-state index contributed by atoms with van der Waals surface area (Å²) in [5, 5.41) is 0. The minimum atomic E-state index is -4.77. The fourth-order valence-corrected chi connectivity index (χ4v) is 4.82. The minimum Gasteiger partial charge on any atom is -0.476 e. The summed E-state index contributed by atoms with van der Waals surface area (Å²) in [5.41, 5.74) is 3.18. The van der Waals surface area contributed by atoms with Crippen molar-refractivity contribution in [2.75, 3.05) is 11.4 Å². The van der Waals surface area contributed by atoms with Crippen molar-refractivity contribution >= 4 is 17.5 Å². The number of amides is 2. The van der Waals surface area contributed by atoms with Crippen LogP contribution in [0, 0.1) is 0 Å². The first-order valence-electron chi connectivity index (χ1n) is 11.6. The Hall–Kier alpha value is -2.29. The topological polar surface area (TPSA) is 75.9 Å². The molecule has 1 aliphatic heterocycles. The van der Waals surface area contributed by atoms with E-state index in [0.29, 0.717) is 0 Å². The summed E-state index contributed by atoms with van der Waals surface area (Å²) in [4.78, 5) is 29.6. The molecule has 2 amide bonds. The molecule has 184 valence electrons. The summed E-state index contributed by atoms with van der Waals surface area (Å²) in [6.45, 7) is 8.43. The number of nitrogens with two attached hydrogens (primary N) is 1. The second kappa shape index (κ2) is 9.16. The maximum Gasteiger partial charge on any atom is 0.417 e. The Morgan fingerprint density at radius 1 is 1.21 bits per heavy atom. The van der Waals surface area contributed by atoms with Crippen LogP contribution in [0.2, 0.25) is 0 Å². The number of rotatable bonds is 5. The van der Waals surface area contributed by atoms with E-state index >= 15 is 0 Å². The van der Waals surface area contributed by atoms with Crippen LogP contribution in [0.15, 0.2) is 12.1 Å². The quantitative estimate of drug-likeness (QED) is 0.676. The predicted molar refractivity (Wildman–Crippen MR) is 120 cm³/mol. The van der Waals surface area contributed by atoms with Gasteiger partial charge in [-0.2, -0.15) is 13.2 Å². The third-order valence-corrected chi connectivity index (χ3v) is 6.28. The van der Waals surface area contributed by atoms with Gasteiger partial charge in [0.1, 0.15) is 5.75 Å². The normalized spacial score (nSPS) is 19.8. The smallest absolute Gasteiger partial charge is 0.417 e. The first-order chi connectivity index (χ1) is 15.2. The molecule has 33 heavy (non-hydrogen) atoms. The molecule has 0 spiro atoms. The summed E-state index contributed by atoms with van der Waals surface area (Å²) in [6.07, 6.45) is -0.291. The van der Waals surface area contributed by atoms with Crippen molar-refractivity contribution in [2.24, 2.45) is 5.73 Å². The Kier molecular flexibility index (Phi) is 7.03. The number of hydrogen-bond acceptors (Lipinski definition) is 4. The molecule has 9 heteroatoms. The summed E-state index contributed by atoms with van der Waals surface area (Å²) in [5.74, 6) is -1.18. The van der Waals surface area contributed by atoms with Crippen LogP contribution in [-0.2, 0) is 11.0 Å². The van der Waals surface area contributed by atoms with Gasteiger partial charge in [-0.15, -0.1) is 0 Å². The van der Waals surface area contributed by atoms with E-state index in [1.165, 1.54) is 18.7 Å². The van der Waals surface area contributed by atoms with Crippen LogP contribution in [0.1, 0.15) is 82.6 Å². The summed E-state index contributed by atoms with van der Waals surface area (Å²) in [6, 6.07) is 1.21. The van der Waals surface area contributed by atoms with Crippen molar-refractivity contribution in [1.29, 1.82) is 0 Å². The number of nitrogens with zero attached hydrogens (tertiary/aromatic N) is 2. The van der Waals surface area contributed by atoms with E-state index in [9.17, 15) is 22.8 Å². The summed E-state index contributed by atoms with van der Waals surface area (Å²) in [7, 11) is 0. The zero-order chi connectivity index (χ0) is 24.7. The molecule has 0 radical (unpaired) electrons. The van der Waals surface area contributed by atoms with Gasteiger partial charge < -0.3 is 20.3 Å². The van der Waals surface area contributed by atoms with E-state index in [4.69, 9.17) is 10.5 Å². The number of hydrogen-bond donors (Lipinski definition) is 1. The number of halogens is 3. The Morgan fingerprint density at radius 3 is 2.33 bits per heavy atom. The van der Waals surface area contributed by atoms with Crippen molar-refractivity contribution in [3.8, 4) is 5.75 Å². The van der Waals surface area contributed by atoms with E-state index in [1.54, 1.807) is 11.8 Å². The van der Waals surface area contributed by atoms with Gasteiger partial charge in [0.2, 0.25) is 0 Å². The molecule has 1 aromatic carbocycles. The van der Waals surface area contributed by atoms with Crippen LogP contribution >= 0.6 is 0 Å². The van der Waals surface area contributed by atoms with E-state index in [-0.39, 0.29) is 30.1 Å². The number of carbonyl (C=O) groups is 2. The van der Waals surface area contributed by atoms with Gasteiger partial charge in [-0.25, -0.2) is 0 Å². The number of anilines is 1. The largest absolute Gasteiger partial charge is 0.476 e. The lowest BCUT2D eigenvalue weighted by atomic mass is 9.92. The lowest BCUT2D eigenvalue weighted by Crippen LogP contribution is -2.55. The van der Waals surface area contributed by atoms with Crippen molar-refractivity contribution in [3.05, 3.63) is 23.3 Å². The Bertz CT molecular complexity index is 906. The summed E-state index contributed by atoms with van der Waals surface area (Å²) < 4.78 is 48.1. The number of fused-ring (bicyclic) bond motifs is 1. The highest BCUT2D eigenvalue weighted by Gasteiger charge is 2.45. The standard InChI is InChI=1S/C24H34F3N3O3/c1-14(2)30(16-9-7-6-8-10-16)21(31)17-11-19-20(12-18(17)24(25,26)27)33-23(4,5)22(32)29(19)13-15(3)28/h11-12,14-16H,6-10,13,28H2,1-5H3/t15-/m0/s1. The van der Waals surface area contributed by atoms with Crippen molar-refractivity contribution in [3.63, 3.8) is 0 Å². The molecular formula is C24H34F3N3O3. The lowest BCUT2D eigenvalue weighted by Gasteiger charge is -2.41. The fourth-order valence-electron chi connectivity index (χ4n) is 4.82. The van der Waals surface area contributed by atoms with Crippen molar-refractivity contribution in [1.82, 2.24) is 4.90 Å². The van der Waals surface area contributed by atoms with Gasteiger partial charge in [0, 0.05) is 24.7 Å². The number of alkyl halides is 3. The van der Waals surface area contributed by atoms with Crippen LogP contribution in [0.5, 0.6) is 5.75 Å². The molecule has 1 aromatic rings. The van der Waals surface area contributed by atoms with E-state index in [1.807, 2.05) is 13.8 Å². The van der Waals surface area contributed by atoms with E-state index in [2.05, 4.69) is 0 Å². The van der Waals surface area contributed by atoms with Crippen LogP contribution < -0.4 is 15.4 Å². The molecule has 1 fully saturated rings. The third kappa shape index (κ3) is 5.13. The Balaban J connectivity index is 2.17. The van der Waals surface area contributed by atoms with Gasteiger partial charge in [-0.05, 0) is 59.6 Å². The van der Waals surface area contributed by atoms with Crippen LogP contribution in [-0.4, -0.2) is 47.0 Å². The highest BCUT2D eigenvalue weighted by atomic mass is 19.4. The average Bonchev–Trinajstić information content (AvgIpc) is 2.70. The molecular weight excluding hydrogens is 435 g/mol. The molecule has 2 aliphatic rings. The molecule has 0 bridgehead atoms. The second-order valence-electron chi connectivity index (χ2n) is 9.97. The zero-order valence-corrected chi connectivity index (χ0v) is 20.0. The van der Waals surface area contributed by atoms with E-state index in [0.717, 1.165) is 44.2 Å². The number of ether oxygens (including phenoxy) is 1. The Labute approximate surface area is 193 Å². The third-order valence-electron chi connectivity index (χ3n) is 6.28. The molecule has 2 N–H and O–H groups in total. The minimum absolute atomic E-state index is 0.0853. The van der Waals surface area contributed by atoms with Crippen LogP contribution in [0.3, 0.4) is 0 Å². The molecule has 1 atom stereocenters. The maximum atomic E-state index is 14.1. The van der Waals surface area contributed by atoms with Crippen molar-refractivity contribution in [2.45, 2.75) is 96.6 Å². The molecule has 0 saturated heterocycles. The molecule has 0 aromatic heterocycles. The zero-order valence-electron chi connectivity index (χ0n) is 20.0. The predicted octanol–water partition coefficient (Wildman–Crippen LogP) is 4.74. The molecule has 1 saturated carbocycles. The van der Waals surface area contributed by atoms with E-state index < -0.39 is 40.8 Å². The van der Waals surface area contributed by atoms with Gasteiger partial charge in [-0.1, -0.05) is 19.3 Å². The molecule has 1 heterocycles. The monoisotopic (exact) mass is 469 g/mol. The summed E-state index contributed by atoms with van der Waals surface area (Å²) >= 11 is 0. The van der Waals surface area contributed by atoms with Crippen LogP contribution in [0.4, 0.5) is 18.9 Å². The first-order valence-corrected chi connectivity index (χ1v) is 11.6. The lowest BCUT2D eigenvalue weighted by molar-refractivity contribution is -0.138. The van der Waals surface area contributed by atoms with Gasteiger partial charge in [0.15, 0.2) is 5.60 Å². The van der Waals surface area contributed by atoms with Gasteiger partial charge in [-0.3, -0.25) is 9.59 Å².